The maximum Gasteiger partial charge on any atom is 0.0453 e. The molecule has 1 N–H and O–H groups in total. The zero-order valence-corrected chi connectivity index (χ0v) is 14.0. The number of likely N-dealkylation sites (N-methyl/N-ethyl adjacent to an activating group) is 1. The topological polar surface area (TPSA) is 12.0 Å². The molecule has 2 aromatic rings. The van der Waals surface area contributed by atoms with Gasteiger partial charge in [-0.3, -0.25) is 0 Å². The van der Waals surface area contributed by atoms with Crippen LogP contribution >= 0.6 is 23.2 Å². The van der Waals surface area contributed by atoms with Gasteiger partial charge in [-0.25, -0.2) is 0 Å². The summed E-state index contributed by atoms with van der Waals surface area (Å²) in [7, 11) is 1.99. The zero-order chi connectivity index (χ0) is 15.2. The summed E-state index contributed by atoms with van der Waals surface area (Å²) in [4.78, 5) is 0. The molecular weight excluding hydrogens is 301 g/mol. The molecule has 0 saturated heterocycles. The van der Waals surface area contributed by atoms with Crippen LogP contribution in [-0.4, -0.2) is 13.1 Å². The van der Waals surface area contributed by atoms with Crippen LogP contribution < -0.4 is 5.32 Å². The highest BCUT2D eigenvalue weighted by atomic mass is 35.5. The highest BCUT2D eigenvalue weighted by molar-refractivity contribution is 6.35. The Hall–Kier alpha value is -1.02. The van der Waals surface area contributed by atoms with Crippen LogP contribution in [0, 0.1) is 0 Å². The van der Waals surface area contributed by atoms with E-state index in [1.165, 1.54) is 11.1 Å². The predicted molar refractivity (Wildman–Crippen MR) is 92.5 cm³/mol. The van der Waals surface area contributed by atoms with Crippen molar-refractivity contribution in [3.8, 4) is 0 Å². The molecule has 112 valence electrons. The molecule has 0 aromatic heterocycles. The Kier molecular flexibility index (Phi) is 6.10. The van der Waals surface area contributed by atoms with Crippen LogP contribution in [0.5, 0.6) is 0 Å². The summed E-state index contributed by atoms with van der Waals surface area (Å²) in [5.74, 6) is 0. The molecule has 0 aliphatic rings. The van der Waals surface area contributed by atoms with Crippen LogP contribution in [0.4, 0.5) is 0 Å². The molecule has 2 rings (SSSR count). The Morgan fingerprint density at radius 2 is 1.62 bits per heavy atom. The van der Waals surface area contributed by atoms with Crippen LogP contribution in [0.2, 0.25) is 10.0 Å². The van der Waals surface area contributed by atoms with Crippen LogP contribution in [0.25, 0.3) is 0 Å². The summed E-state index contributed by atoms with van der Waals surface area (Å²) in [5.41, 5.74) is 3.85. The van der Waals surface area contributed by atoms with Gasteiger partial charge >= 0.3 is 0 Å². The van der Waals surface area contributed by atoms with Crippen molar-refractivity contribution in [3.05, 3.63) is 69.2 Å². The number of halogens is 2. The second kappa shape index (κ2) is 7.84. The van der Waals surface area contributed by atoms with Crippen LogP contribution in [-0.2, 0) is 19.3 Å². The van der Waals surface area contributed by atoms with Crippen LogP contribution in [0.1, 0.15) is 23.6 Å². The molecule has 2 aromatic carbocycles. The molecule has 0 aliphatic carbocycles. The van der Waals surface area contributed by atoms with Gasteiger partial charge in [-0.2, -0.15) is 0 Å². The minimum absolute atomic E-state index is 0.358. The summed E-state index contributed by atoms with van der Waals surface area (Å²) in [6, 6.07) is 14.9. The van der Waals surface area contributed by atoms with Gasteiger partial charge in [-0.15, -0.1) is 0 Å². The van der Waals surface area contributed by atoms with E-state index >= 15 is 0 Å². The third kappa shape index (κ3) is 4.74. The first kappa shape index (κ1) is 16.4. The molecule has 0 aliphatic heterocycles. The fourth-order valence-corrected chi connectivity index (χ4v) is 2.91. The summed E-state index contributed by atoms with van der Waals surface area (Å²) in [6.45, 7) is 2.17. The van der Waals surface area contributed by atoms with Gasteiger partial charge in [-0.05, 0) is 55.1 Å². The predicted octanol–water partition coefficient (Wildman–Crippen LogP) is 4.93. The number of aryl methyl sites for hydroxylation is 1. The largest absolute Gasteiger partial charge is 0.316 e. The van der Waals surface area contributed by atoms with Crippen molar-refractivity contribution in [3.63, 3.8) is 0 Å². The second-order valence-electron chi connectivity index (χ2n) is 5.30. The molecule has 0 fully saturated rings. The fraction of sp³-hybridized carbons (Fsp3) is 0.333. The summed E-state index contributed by atoms with van der Waals surface area (Å²) in [5, 5.41) is 4.80. The van der Waals surface area contributed by atoms with Gasteiger partial charge < -0.3 is 5.32 Å². The van der Waals surface area contributed by atoms with E-state index in [2.05, 4.69) is 36.5 Å². The van der Waals surface area contributed by atoms with Crippen LogP contribution in [0.3, 0.4) is 0 Å². The Balaban J connectivity index is 2.05. The molecule has 0 radical (unpaired) electrons. The zero-order valence-electron chi connectivity index (χ0n) is 12.5. The number of benzene rings is 2. The van der Waals surface area contributed by atoms with E-state index in [-0.39, 0.29) is 0 Å². The lowest BCUT2D eigenvalue weighted by Gasteiger charge is -2.17. The van der Waals surface area contributed by atoms with E-state index in [1.807, 2.05) is 19.2 Å². The highest BCUT2D eigenvalue weighted by Crippen LogP contribution is 2.22. The van der Waals surface area contributed by atoms with Crippen molar-refractivity contribution in [1.82, 2.24) is 5.32 Å². The van der Waals surface area contributed by atoms with E-state index in [1.54, 1.807) is 6.07 Å². The molecule has 1 unspecified atom stereocenters. The van der Waals surface area contributed by atoms with Crippen molar-refractivity contribution < 1.29 is 0 Å². The molecule has 0 saturated carbocycles. The lowest BCUT2D eigenvalue weighted by Crippen LogP contribution is -2.30. The standard InChI is InChI=1S/C18H21Cl2N/c1-3-13-4-6-14(7-5-13)10-17(21-2)11-15-8-9-16(19)12-18(15)20/h4-9,12,17,21H,3,10-11H2,1-2H3. The van der Waals surface area contributed by atoms with E-state index < -0.39 is 0 Å². The Morgan fingerprint density at radius 1 is 0.952 bits per heavy atom. The van der Waals surface area contributed by atoms with E-state index in [0.717, 1.165) is 29.8 Å². The molecule has 1 nitrogen and oxygen atoms in total. The third-order valence-corrected chi connectivity index (χ3v) is 4.39. The van der Waals surface area contributed by atoms with Crippen molar-refractivity contribution in [2.24, 2.45) is 0 Å². The Bertz CT molecular complexity index is 578. The van der Waals surface area contributed by atoms with Gasteiger partial charge in [0.2, 0.25) is 0 Å². The van der Waals surface area contributed by atoms with Crippen molar-refractivity contribution in [2.45, 2.75) is 32.2 Å². The maximum absolute atomic E-state index is 6.26. The highest BCUT2D eigenvalue weighted by Gasteiger charge is 2.11. The first-order valence-corrected chi connectivity index (χ1v) is 8.07. The number of hydrogen-bond acceptors (Lipinski definition) is 1. The number of nitrogens with one attached hydrogen (secondary N) is 1. The SMILES string of the molecule is CCc1ccc(CC(Cc2ccc(Cl)cc2Cl)NC)cc1. The van der Waals surface area contributed by atoms with Gasteiger partial charge in [0.1, 0.15) is 0 Å². The fourth-order valence-electron chi connectivity index (χ4n) is 2.42. The normalized spacial score (nSPS) is 12.4. The van der Waals surface area contributed by atoms with Crippen LogP contribution in [0.15, 0.2) is 42.5 Å². The van der Waals surface area contributed by atoms with Crippen molar-refractivity contribution in [2.75, 3.05) is 7.05 Å². The summed E-state index contributed by atoms with van der Waals surface area (Å²) in [6.07, 6.45) is 2.96. The third-order valence-electron chi connectivity index (χ3n) is 3.80. The lowest BCUT2D eigenvalue weighted by atomic mass is 9.98. The Morgan fingerprint density at radius 3 is 2.19 bits per heavy atom. The van der Waals surface area contributed by atoms with E-state index in [4.69, 9.17) is 23.2 Å². The maximum atomic E-state index is 6.26. The molecule has 0 amide bonds. The minimum Gasteiger partial charge on any atom is -0.316 e. The van der Waals surface area contributed by atoms with Crippen molar-refractivity contribution in [1.29, 1.82) is 0 Å². The summed E-state index contributed by atoms with van der Waals surface area (Å²) < 4.78 is 0. The van der Waals surface area contributed by atoms with Gasteiger partial charge in [0.05, 0.1) is 0 Å². The van der Waals surface area contributed by atoms with Gasteiger partial charge in [0.25, 0.3) is 0 Å². The monoisotopic (exact) mass is 321 g/mol. The van der Waals surface area contributed by atoms with Crippen molar-refractivity contribution >= 4 is 23.2 Å². The smallest absolute Gasteiger partial charge is 0.0453 e. The lowest BCUT2D eigenvalue weighted by molar-refractivity contribution is 0.556. The molecule has 3 heteroatoms. The Labute approximate surface area is 137 Å². The molecule has 21 heavy (non-hydrogen) atoms. The number of rotatable bonds is 6. The summed E-state index contributed by atoms with van der Waals surface area (Å²) >= 11 is 12.2. The quantitative estimate of drug-likeness (QED) is 0.795. The van der Waals surface area contributed by atoms with E-state index in [9.17, 15) is 0 Å². The molecule has 0 spiro atoms. The average Bonchev–Trinajstić information content (AvgIpc) is 2.49. The number of hydrogen-bond donors (Lipinski definition) is 1. The molecular formula is C18H21Cl2N. The van der Waals surface area contributed by atoms with E-state index in [0.29, 0.717) is 11.1 Å². The van der Waals surface area contributed by atoms with Gasteiger partial charge in [0.15, 0.2) is 0 Å². The first-order valence-electron chi connectivity index (χ1n) is 7.31. The minimum atomic E-state index is 0.358. The molecule has 1 atom stereocenters. The molecule has 0 heterocycles. The first-order chi connectivity index (χ1) is 10.1. The molecule has 0 bridgehead atoms. The van der Waals surface area contributed by atoms with Gasteiger partial charge in [-0.1, -0.05) is 60.5 Å². The average molecular weight is 322 g/mol. The second-order valence-corrected chi connectivity index (χ2v) is 6.14. The van der Waals surface area contributed by atoms with Gasteiger partial charge in [0, 0.05) is 16.1 Å².